The highest BCUT2D eigenvalue weighted by atomic mass is 32.1. The van der Waals surface area contributed by atoms with Gasteiger partial charge in [0.05, 0.1) is 12.2 Å². The van der Waals surface area contributed by atoms with Crippen LogP contribution >= 0.6 is 11.3 Å². The zero-order valence-corrected chi connectivity index (χ0v) is 16.4. The van der Waals surface area contributed by atoms with Crippen LogP contribution in [-0.4, -0.2) is 29.6 Å². The number of anilines is 1. The van der Waals surface area contributed by atoms with E-state index in [1.54, 1.807) is 6.92 Å². The Balaban J connectivity index is 2.35. The fraction of sp³-hybridized carbons (Fsp3) is 0.526. The standard InChI is InChI=1S/C19H25NO5S/c1-5-25-18(24)16-12-7-6-11(19(2,3)4)10-13(12)26-17(16)20-14(21)8-9-15(22)23/h8-9,11H,5-7,10H2,1-4H3,(H,20,21)(H,22,23)/b9-8+. The molecule has 0 aliphatic heterocycles. The number of esters is 1. The lowest BCUT2D eigenvalue weighted by molar-refractivity contribution is -0.131. The molecule has 7 heteroatoms. The Labute approximate surface area is 157 Å². The van der Waals surface area contributed by atoms with Gasteiger partial charge >= 0.3 is 11.9 Å². The van der Waals surface area contributed by atoms with Crippen LogP contribution in [0.2, 0.25) is 0 Å². The molecule has 0 saturated carbocycles. The highest BCUT2D eigenvalue weighted by Gasteiger charge is 2.34. The van der Waals surface area contributed by atoms with Gasteiger partial charge in [0.1, 0.15) is 5.00 Å². The van der Waals surface area contributed by atoms with Crippen molar-refractivity contribution >= 4 is 34.2 Å². The first kappa shape index (κ1) is 20.2. The van der Waals surface area contributed by atoms with Gasteiger partial charge in [-0.15, -0.1) is 11.3 Å². The summed E-state index contributed by atoms with van der Waals surface area (Å²) < 4.78 is 5.17. The largest absolute Gasteiger partial charge is 0.478 e. The Hall–Kier alpha value is -2.15. The van der Waals surface area contributed by atoms with E-state index in [0.717, 1.165) is 41.9 Å². The molecule has 0 fully saturated rings. The van der Waals surface area contributed by atoms with E-state index in [2.05, 4.69) is 26.1 Å². The lowest BCUT2D eigenvalue weighted by Gasteiger charge is -2.33. The van der Waals surface area contributed by atoms with Crippen molar-refractivity contribution in [2.75, 3.05) is 11.9 Å². The van der Waals surface area contributed by atoms with E-state index in [1.807, 2.05) is 0 Å². The first-order valence-corrected chi connectivity index (χ1v) is 9.48. The summed E-state index contributed by atoms with van der Waals surface area (Å²) in [5.41, 5.74) is 1.53. The number of carbonyl (C=O) groups excluding carboxylic acids is 2. The summed E-state index contributed by atoms with van der Waals surface area (Å²) >= 11 is 1.38. The topological polar surface area (TPSA) is 92.7 Å². The summed E-state index contributed by atoms with van der Waals surface area (Å²) in [6, 6.07) is 0. The van der Waals surface area contributed by atoms with Gasteiger partial charge < -0.3 is 15.2 Å². The van der Waals surface area contributed by atoms with Crippen molar-refractivity contribution in [1.82, 2.24) is 0 Å². The number of rotatable bonds is 5. The molecule has 1 atom stereocenters. The van der Waals surface area contributed by atoms with E-state index in [-0.39, 0.29) is 12.0 Å². The quantitative estimate of drug-likeness (QED) is 0.602. The molecule has 0 spiro atoms. The molecule has 0 bridgehead atoms. The molecule has 1 aromatic heterocycles. The molecule has 1 unspecified atom stereocenters. The van der Waals surface area contributed by atoms with E-state index >= 15 is 0 Å². The number of carboxylic acids is 1. The molecule has 26 heavy (non-hydrogen) atoms. The highest BCUT2D eigenvalue weighted by Crippen LogP contribution is 2.44. The third kappa shape index (κ3) is 4.72. The SMILES string of the molecule is CCOC(=O)c1c(NC(=O)/C=C/C(=O)O)sc2c1CCC(C(C)(C)C)C2. The van der Waals surface area contributed by atoms with Crippen molar-refractivity contribution in [3.63, 3.8) is 0 Å². The molecular weight excluding hydrogens is 354 g/mol. The molecule has 2 rings (SSSR count). The molecule has 1 heterocycles. The second-order valence-electron chi connectivity index (χ2n) is 7.39. The van der Waals surface area contributed by atoms with Crippen LogP contribution in [0.5, 0.6) is 0 Å². The molecule has 2 N–H and O–H groups in total. The maximum atomic E-state index is 12.4. The molecule has 142 valence electrons. The Morgan fingerprint density at radius 3 is 2.58 bits per heavy atom. The summed E-state index contributed by atoms with van der Waals surface area (Å²) in [5, 5.41) is 11.7. The van der Waals surface area contributed by atoms with Crippen LogP contribution in [0.3, 0.4) is 0 Å². The predicted molar refractivity (Wildman–Crippen MR) is 101 cm³/mol. The summed E-state index contributed by atoms with van der Waals surface area (Å²) in [5.74, 6) is -1.73. The van der Waals surface area contributed by atoms with E-state index in [4.69, 9.17) is 9.84 Å². The number of thiophene rings is 1. The van der Waals surface area contributed by atoms with E-state index in [0.29, 0.717) is 16.5 Å². The molecule has 1 aromatic rings. The van der Waals surface area contributed by atoms with Crippen LogP contribution in [-0.2, 0) is 27.2 Å². The van der Waals surface area contributed by atoms with Gasteiger partial charge in [0, 0.05) is 17.0 Å². The lowest BCUT2D eigenvalue weighted by atomic mass is 9.72. The minimum Gasteiger partial charge on any atom is -0.478 e. The fourth-order valence-electron chi connectivity index (χ4n) is 3.13. The first-order chi connectivity index (χ1) is 12.1. The minimum absolute atomic E-state index is 0.166. The molecule has 0 aromatic carbocycles. The van der Waals surface area contributed by atoms with Gasteiger partial charge in [-0.3, -0.25) is 4.79 Å². The Morgan fingerprint density at radius 2 is 2.00 bits per heavy atom. The van der Waals surface area contributed by atoms with Crippen molar-refractivity contribution < 1.29 is 24.2 Å². The van der Waals surface area contributed by atoms with Gasteiger partial charge in [-0.2, -0.15) is 0 Å². The average molecular weight is 379 g/mol. The van der Waals surface area contributed by atoms with Crippen LogP contribution in [0.15, 0.2) is 12.2 Å². The molecule has 1 amide bonds. The lowest BCUT2D eigenvalue weighted by Crippen LogP contribution is -2.26. The second kappa shape index (κ2) is 8.03. The zero-order valence-electron chi connectivity index (χ0n) is 15.5. The number of fused-ring (bicyclic) bond motifs is 1. The van der Waals surface area contributed by atoms with E-state index in [9.17, 15) is 14.4 Å². The normalized spacial score (nSPS) is 17.0. The van der Waals surface area contributed by atoms with Crippen LogP contribution in [0.25, 0.3) is 0 Å². The summed E-state index contributed by atoms with van der Waals surface area (Å²) in [6.45, 7) is 8.62. The van der Waals surface area contributed by atoms with Crippen molar-refractivity contribution in [3.05, 3.63) is 28.2 Å². The number of carboxylic acid groups (broad SMARTS) is 1. The third-order valence-electron chi connectivity index (χ3n) is 4.58. The number of hydrogen-bond donors (Lipinski definition) is 2. The number of amides is 1. The van der Waals surface area contributed by atoms with Crippen molar-refractivity contribution in [2.24, 2.45) is 11.3 Å². The number of aliphatic carboxylic acids is 1. The van der Waals surface area contributed by atoms with Crippen LogP contribution in [0.1, 0.15) is 54.9 Å². The molecule has 0 saturated heterocycles. The van der Waals surface area contributed by atoms with Gasteiger partial charge in [0.25, 0.3) is 0 Å². The Morgan fingerprint density at radius 1 is 1.31 bits per heavy atom. The van der Waals surface area contributed by atoms with Crippen molar-refractivity contribution in [3.8, 4) is 0 Å². The number of nitrogens with one attached hydrogen (secondary N) is 1. The number of ether oxygens (including phenoxy) is 1. The number of hydrogen-bond acceptors (Lipinski definition) is 5. The maximum absolute atomic E-state index is 12.4. The third-order valence-corrected chi connectivity index (χ3v) is 5.75. The maximum Gasteiger partial charge on any atom is 0.341 e. The predicted octanol–water partition coefficient (Wildman–Crippen LogP) is 3.66. The molecular formula is C19H25NO5S. The number of carbonyl (C=O) groups is 3. The van der Waals surface area contributed by atoms with Crippen molar-refractivity contribution in [2.45, 2.75) is 47.0 Å². The zero-order chi connectivity index (χ0) is 19.5. The molecule has 0 radical (unpaired) electrons. The van der Waals surface area contributed by atoms with Gasteiger partial charge in [-0.1, -0.05) is 20.8 Å². The van der Waals surface area contributed by atoms with Crippen LogP contribution in [0.4, 0.5) is 5.00 Å². The Bertz CT molecular complexity index is 742. The first-order valence-electron chi connectivity index (χ1n) is 8.67. The van der Waals surface area contributed by atoms with Crippen LogP contribution < -0.4 is 5.32 Å². The van der Waals surface area contributed by atoms with Gasteiger partial charge in [0.2, 0.25) is 5.91 Å². The van der Waals surface area contributed by atoms with Gasteiger partial charge in [-0.05, 0) is 43.1 Å². The average Bonchev–Trinajstić information content (AvgIpc) is 2.89. The second-order valence-corrected chi connectivity index (χ2v) is 8.50. The van der Waals surface area contributed by atoms with Gasteiger partial charge in [0.15, 0.2) is 0 Å². The summed E-state index contributed by atoms with van der Waals surface area (Å²) in [6.07, 6.45) is 4.31. The summed E-state index contributed by atoms with van der Waals surface area (Å²) in [4.78, 5) is 36.1. The van der Waals surface area contributed by atoms with Crippen molar-refractivity contribution in [1.29, 1.82) is 0 Å². The monoisotopic (exact) mass is 379 g/mol. The fourth-order valence-corrected chi connectivity index (χ4v) is 4.45. The van der Waals surface area contributed by atoms with E-state index in [1.165, 1.54) is 11.3 Å². The molecule has 1 aliphatic carbocycles. The molecule has 1 aliphatic rings. The van der Waals surface area contributed by atoms with Gasteiger partial charge in [-0.25, -0.2) is 9.59 Å². The smallest absolute Gasteiger partial charge is 0.341 e. The Kier molecular flexibility index (Phi) is 6.23. The summed E-state index contributed by atoms with van der Waals surface area (Å²) in [7, 11) is 0. The molecule has 6 nitrogen and oxygen atoms in total. The minimum atomic E-state index is -1.20. The van der Waals surface area contributed by atoms with E-state index < -0.39 is 17.8 Å². The highest BCUT2D eigenvalue weighted by molar-refractivity contribution is 7.17. The van der Waals surface area contributed by atoms with Crippen LogP contribution in [0, 0.1) is 11.3 Å².